The highest BCUT2D eigenvalue weighted by Gasteiger charge is 1.98. The molecule has 0 aliphatic heterocycles. The van der Waals surface area contributed by atoms with Crippen LogP contribution >= 0.6 is 11.8 Å². The van der Waals surface area contributed by atoms with Gasteiger partial charge in [0.1, 0.15) is 0 Å². The van der Waals surface area contributed by atoms with E-state index in [0.717, 1.165) is 13.0 Å². The zero-order chi connectivity index (χ0) is 11.1. The maximum Gasteiger partial charge on any atom is 0.0208 e. The zero-order valence-electron chi connectivity index (χ0n) is 9.49. The lowest BCUT2D eigenvalue weighted by Gasteiger charge is -2.11. The SMILES string of the molecule is C=CCC(C)NCc1ccc(SC)cc1. The molecule has 2 heteroatoms. The summed E-state index contributed by atoms with van der Waals surface area (Å²) in [5.41, 5.74) is 1.34. The highest BCUT2D eigenvalue weighted by Crippen LogP contribution is 2.14. The lowest BCUT2D eigenvalue weighted by Crippen LogP contribution is -2.24. The van der Waals surface area contributed by atoms with Gasteiger partial charge in [-0.05, 0) is 37.3 Å². The van der Waals surface area contributed by atoms with Crippen molar-refractivity contribution in [1.82, 2.24) is 5.32 Å². The van der Waals surface area contributed by atoms with Crippen molar-refractivity contribution in [1.29, 1.82) is 0 Å². The van der Waals surface area contributed by atoms with Crippen LogP contribution in [-0.2, 0) is 6.54 Å². The first kappa shape index (κ1) is 12.3. The number of thioether (sulfide) groups is 1. The Labute approximate surface area is 97.0 Å². The van der Waals surface area contributed by atoms with Gasteiger partial charge in [0.2, 0.25) is 0 Å². The average Bonchev–Trinajstić information content (AvgIpc) is 2.27. The van der Waals surface area contributed by atoms with Gasteiger partial charge in [-0.2, -0.15) is 0 Å². The molecule has 1 aromatic carbocycles. The fraction of sp³-hybridized carbons (Fsp3) is 0.385. The largest absolute Gasteiger partial charge is 0.310 e. The van der Waals surface area contributed by atoms with Crippen LogP contribution in [-0.4, -0.2) is 12.3 Å². The molecular weight excluding hydrogens is 202 g/mol. The van der Waals surface area contributed by atoms with Crippen LogP contribution in [0.5, 0.6) is 0 Å². The quantitative estimate of drug-likeness (QED) is 0.583. The molecule has 0 amide bonds. The van der Waals surface area contributed by atoms with E-state index in [4.69, 9.17) is 0 Å². The van der Waals surface area contributed by atoms with Crippen molar-refractivity contribution in [3.05, 3.63) is 42.5 Å². The second-order valence-electron chi connectivity index (χ2n) is 3.65. The van der Waals surface area contributed by atoms with Gasteiger partial charge in [-0.25, -0.2) is 0 Å². The van der Waals surface area contributed by atoms with Crippen LogP contribution < -0.4 is 5.32 Å². The Bertz CT molecular complexity index is 292. The first-order valence-corrected chi connectivity index (χ1v) is 6.46. The fourth-order valence-corrected chi connectivity index (χ4v) is 1.78. The molecule has 0 aromatic heterocycles. The van der Waals surface area contributed by atoms with Gasteiger partial charge in [0.15, 0.2) is 0 Å². The molecule has 1 unspecified atom stereocenters. The molecule has 0 fully saturated rings. The van der Waals surface area contributed by atoms with Crippen molar-refractivity contribution in [2.75, 3.05) is 6.26 Å². The topological polar surface area (TPSA) is 12.0 Å². The Morgan fingerprint density at radius 2 is 2.07 bits per heavy atom. The number of rotatable bonds is 6. The normalized spacial score (nSPS) is 12.4. The minimum Gasteiger partial charge on any atom is -0.310 e. The summed E-state index contributed by atoms with van der Waals surface area (Å²) in [6.45, 7) is 6.85. The van der Waals surface area contributed by atoms with Gasteiger partial charge in [0.05, 0.1) is 0 Å². The number of benzene rings is 1. The summed E-state index contributed by atoms with van der Waals surface area (Å²) in [6, 6.07) is 9.20. The molecule has 0 spiro atoms. The van der Waals surface area contributed by atoms with E-state index in [2.05, 4.69) is 49.3 Å². The Morgan fingerprint density at radius 3 is 2.60 bits per heavy atom. The van der Waals surface area contributed by atoms with Crippen LogP contribution in [0, 0.1) is 0 Å². The maximum absolute atomic E-state index is 3.74. The van der Waals surface area contributed by atoms with Crippen molar-refractivity contribution in [3.8, 4) is 0 Å². The van der Waals surface area contributed by atoms with E-state index < -0.39 is 0 Å². The molecule has 0 aliphatic rings. The molecule has 1 nitrogen and oxygen atoms in total. The van der Waals surface area contributed by atoms with Crippen molar-refractivity contribution in [3.63, 3.8) is 0 Å². The van der Waals surface area contributed by atoms with E-state index in [0.29, 0.717) is 6.04 Å². The number of hydrogen-bond donors (Lipinski definition) is 1. The van der Waals surface area contributed by atoms with E-state index in [1.807, 2.05) is 6.08 Å². The van der Waals surface area contributed by atoms with Crippen LogP contribution in [0.15, 0.2) is 41.8 Å². The minimum atomic E-state index is 0.503. The fourth-order valence-electron chi connectivity index (χ4n) is 1.37. The number of hydrogen-bond acceptors (Lipinski definition) is 2. The summed E-state index contributed by atoms with van der Waals surface area (Å²) in [5, 5.41) is 3.46. The van der Waals surface area contributed by atoms with Crippen molar-refractivity contribution >= 4 is 11.8 Å². The summed E-state index contributed by atoms with van der Waals surface area (Å²) < 4.78 is 0. The van der Waals surface area contributed by atoms with Gasteiger partial charge in [-0.3, -0.25) is 0 Å². The third kappa shape index (κ3) is 4.54. The van der Waals surface area contributed by atoms with Crippen molar-refractivity contribution in [2.24, 2.45) is 0 Å². The highest BCUT2D eigenvalue weighted by atomic mass is 32.2. The van der Waals surface area contributed by atoms with Gasteiger partial charge in [-0.1, -0.05) is 18.2 Å². The van der Waals surface area contributed by atoms with Gasteiger partial charge in [0.25, 0.3) is 0 Å². The Balaban J connectivity index is 2.40. The van der Waals surface area contributed by atoms with Crippen LogP contribution in [0.1, 0.15) is 18.9 Å². The summed E-state index contributed by atoms with van der Waals surface area (Å²) in [5.74, 6) is 0. The molecule has 1 atom stereocenters. The zero-order valence-corrected chi connectivity index (χ0v) is 10.3. The van der Waals surface area contributed by atoms with E-state index in [-0.39, 0.29) is 0 Å². The summed E-state index contributed by atoms with van der Waals surface area (Å²) in [6.07, 6.45) is 5.07. The smallest absolute Gasteiger partial charge is 0.0208 e. The van der Waals surface area contributed by atoms with E-state index in [9.17, 15) is 0 Å². The molecule has 0 radical (unpaired) electrons. The third-order valence-electron chi connectivity index (χ3n) is 2.33. The van der Waals surface area contributed by atoms with Crippen LogP contribution in [0.3, 0.4) is 0 Å². The molecule has 1 aromatic rings. The van der Waals surface area contributed by atoms with Gasteiger partial charge >= 0.3 is 0 Å². The standard InChI is InChI=1S/C13H19NS/c1-4-5-11(2)14-10-12-6-8-13(15-3)9-7-12/h4,6-9,11,14H,1,5,10H2,2-3H3. The van der Waals surface area contributed by atoms with E-state index in [1.165, 1.54) is 10.5 Å². The molecule has 0 aliphatic carbocycles. The Morgan fingerprint density at radius 1 is 1.40 bits per heavy atom. The molecule has 0 saturated carbocycles. The molecule has 1 N–H and O–H groups in total. The van der Waals surface area contributed by atoms with Crippen LogP contribution in [0.2, 0.25) is 0 Å². The predicted molar refractivity (Wildman–Crippen MR) is 69.3 cm³/mol. The lowest BCUT2D eigenvalue weighted by molar-refractivity contribution is 0.554. The summed E-state index contributed by atoms with van der Waals surface area (Å²) in [7, 11) is 0. The first-order chi connectivity index (χ1) is 7.26. The number of nitrogens with one attached hydrogen (secondary N) is 1. The average molecular weight is 221 g/mol. The summed E-state index contributed by atoms with van der Waals surface area (Å²) in [4.78, 5) is 1.32. The van der Waals surface area contributed by atoms with Crippen molar-refractivity contribution < 1.29 is 0 Å². The monoisotopic (exact) mass is 221 g/mol. The van der Waals surface area contributed by atoms with E-state index in [1.54, 1.807) is 11.8 Å². The minimum absolute atomic E-state index is 0.503. The highest BCUT2D eigenvalue weighted by molar-refractivity contribution is 7.98. The molecular formula is C13H19NS. The maximum atomic E-state index is 3.74. The summed E-state index contributed by atoms with van der Waals surface area (Å²) >= 11 is 1.78. The van der Waals surface area contributed by atoms with Gasteiger partial charge in [-0.15, -0.1) is 18.3 Å². The van der Waals surface area contributed by atoms with Gasteiger partial charge < -0.3 is 5.32 Å². The first-order valence-electron chi connectivity index (χ1n) is 5.23. The van der Waals surface area contributed by atoms with Gasteiger partial charge in [0, 0.05) is 17.5 Å². The molecule has 0 heterocycles. The van der Waals surface area contributed by atoms with Crippen molar-refractivity contribution in [2.45, 2.75) is 30.8 Å². The molecule has 0 saturated heterocycles. The molecule has 82 valence electrons. The van der Waals surface area contributed by atoms with Crippen LogP contribution in [0.25, 0.3) is 0 Å². The van der Waals surface area contributed by atoms with E-state index >= 15 is 0 Å². The third-order valence-corrected chi connectivity index (χ3v) is 3.08. The Kier molecular flexibility index (Phi) is 5.51. The Hall–Kier alpha value is -0.730. The molecule has 1 rings (SSSR count). The predicted octanol–water partition coefficient (Wildman–Crippen LogP) is 3.46. The van der Waals surface area contributed by atoms with Crippen LogP contribution in [0.4, 0.5) is 0 Å². The lowest BCUT2D eigenvalue weighted by atomic mass is 10.2. The molecule has 15 heavy (non-hydrogen) atoms. The second kappa shape index (κ2) is 6.70. The molecule has 0 bridgehead atoms. The second-order valence-corrected chi connectivity index (χ2v) is 4.53.